The highest BCUT2D eigenvalue weighted by atomic mass is 16.2. The van der Waals surface area contributed by atoms with Crippen molar-refractivity contribution in [1.82, 2.24) is 14.7 Å². The number of aromatic nitrogens is 2. The van der Waals surface area contributed by atoms with Crippen LogP contribution >= 0.6 is 0 Å². The zero-order valence-corrected chi connectivity index (χ0v) is 11.2. The van der Waals surface area contributed by atoms with Gasteiger partial charge in [0.1, 0.15) is 5.82 Å². The van der Waals surface area contributed by atoms with Crippen molar-refractivity contribution >= 4 is 11.7 Å². The summed E-state index contributed by atoms with van der Waals surface area (Å²) < 4.78 is 1.93. The van der Waals surface area contributed by atoms with Crippen molar-refractivity contribution in [1.29, 1.82) is 0 Å². The predicted molar refractivity (Wildman–Crippen MR) is 70.9 cm³/mol. The number of hydrogen-bond acceptors (Lipinski definition) is 3. The zero-order chi connectivity index (χ0) is 13.1. The second-order valence-corrected chi connectivity index (χ2v) is 5.43. The van der Waals surface area contributed by atoms with Crippen LogP contribution in [0.25, 0.3) is 0 Å². The molecule has 5 heteroatoms. The molecule has 2 heterocycles. The number of nitrogens with two attached hydrogens (primary N) is 1. The minimum Gasteiger partial charge on any atom is -0.382 e. The van der Waals surface area contributed by atoms with Crippen LogP contribution in [0.1, 0.15) is 39.2 Å². The van der Waals surface area contributed by atoms with E-state index in [9.17, 15) is 4.79 Å². The number of carbonyl (C=O) groups is 1. The van der Waals surface area contributed by atoms with Crippen LogP contribution in [0.3, 0.4) is 0 Å². The fourth-order valence-electron chi connectivity index (χ4n) is 2.41. The van der Waals surface area contributed by atoms with Crippen molar-refractivity contribution in [3.63, 3.8) is 0 Å². The van der Waals surface area contributed by atoms with E-state index in [1.807, 2.05) is 21.8 Å². The van der Waals surface area contributed by atoms with Crippen molar-refractivity contribution in [3.8, 4) is 0 Å². The second kappa shape index (κ2) is 5.42. The molecule has 1 fully saturated rings. The topological polar surface area (TPSA) is 64.2 Å². The first-order valence-electron chi connectivity index (χ1n) is 6.64. The molecule has 5 nitrogen and oxygen atoms in total. The Morgan fingerprint density at radius 1 is 1.50 bits per heavy atom. The molecule has 2 N–H and O–H groups in total. The number of rotatable bonds is 3. The number of likely N-dealkylation sites (tertiary alicyclic amines) is 1. The first-order valence-corrected chi connectivity index (χ1v) is 6.64. The molecule has 1 aromatic rings. The third-order valence-corrected chi connectivity index (χ3v) is 3.40. The maximum atomic E-state index is 11.9. The fraction of sp³-hybridized carbons (Fsp3) is 0.692. The highest BCUT2D eigenvalue weighted by Gasteiger charge is 2.24. The molecule has 0 unspecified atom stereocenters. The van der Waals surface area contributed by atoms with Gasteiger partial charge in [0.25, 0.3) is 0 Å². The number of hydrogen-bond donors (Lipinski definition) is 1. The van der Waals surface area contributed by atoms with Gasteiger partial charge in [-0.15, -0.1) is 0 Å². The van der Waals surface area contributed by atoms with Gasteiger partial charge in [-0.3, -0.25) is 9.48 Å². The molecule has 1 saturated heterocycles. The van der Waals surface area contributed by atoms with Gasteiger partial charge in [0, 0.05) is 25.7 Å². The molecular formula is C13H22N4O. The Kier molecular flexibility index (Phi) is 3.89. The maximum absolute atomic E-state index is 11.9. The molecule has 100 valence electrons. The first kappa shape index (κ1) is 12.9. The Morgan fingerprint density at radius 3 is 2.67 bits per heavy atom. The van der Waals surface area contributed by atoms with E-state index in [4.69, 9.17) is 5.73 Å². The van der Waals surface area contributed by atoms with E-state index in [1.165, 1.54) is 0 Å². The van der Waals surface area contributed by atoms with Crippen LogP contribution in [-0.2, 0) is 4.79 Å². The summed E-state index contributed by atoms with van der Waals surface area (Å²) in [5.74, 6) is 1.28. The first-order chi connectivity index (χ1) is 8.56. The van der Waals surface area contributed by atoms with Crippen molar-refractivity contribution in [2.24, 2.45) is 5.92 Å². The molecule has 1 aromatic heterocycles. The Hall–Kier alpha value is -1.52. The molecule has 0 aromatic carbocycles. The fourth-order valence-corrected chi connectivity index (χ4v) is 2.41. The molecule has 2 rings (SSSR count). The Labute approximate surface area is 108 Å². The van der Waals surface area contributed by atoms with Gasteiger partial charge in [-0.1, -0.05) is 13.8 Å². The Balaban J connectivity index is 1.86. The molecule has 18 heavy (non-hydrogen) atoms. The molecule has 0 saturated carbocycles. The van der Waals surface area contributed by atoms with Gasteiger partial charge in [0.05, 0.1) is 6.04 Å². The molecule has 0 atom stereocenters. The molecule has 0 radical (unpaired) electrons. The van der Waals surface area contributed by atoms with Crippen LogP contribution in [0.4, 0.5) is 5.82 Å². The SMILES string of the molecule is CC(C)CC(=O)N1CCC(n2ccc(N)n2)CC1. The number of nitrogens with zero attached hydrogens (tertiary/aromatic N) is 3. The highest BCUT2D eigenvalue weighted by molar-refractivity contribution is 5.76. The van der Waals surface area contributed by atoms with Gasteiger partial charge < -0.3 is 10.6 Å². The van der Waals surface area contributed by atoms with Crippen LogP contribution in [0, 0.1) is 5.92 Å². The lowest BCUT2D eigenvalue weighted by Gasteiger charge is -2.32. The minimum atomic E-state index is 0.281. The maximum Gasteiger partial charge on any atom is 0.222 e. The van der Waals surface area contributed by atoms with E-state index >= 15 is 0 Å². The lowest BCUT2D eigenvalue weighted by atomic mass is 10.0. The zero-order valence-electron chi connectivity index (χ0n) is 11.2. The van der Waals surface area contributed by atoms with Crippen LogP contribution in [0.15, 0.2) is 12.3 Å². The van der Waals surface area contributed by atoms with Crippen LogP contribution < -0.4 is 5.73 Å². The van der Waals surface area contributed by atoms with Gasteiger partial charge in [-0.2, -0.15) is 5.10 Å². The van der Waals surface area contributed by atoms with Crippen molar-refractivity contribution < 1.29 is 4.79 Å². The third kappa shape index (κ3) is 3.03. The van der Waals surface area contributed by atoms with E-state index in [0.717, 1.165) is 25.9 Å². The van der Waals surface area contributed by atoms with E-state index in [1.54, 1.807) is 0 Å². The van der Waals surface area contributed by atoms with Gasteiger partial charge in [0.2, 0.25) is 5.91 Å². The summed E-state index contributed by atoms with van der Waals surface area (Å²) >= 11 is 0. The Bertz CT molecular complexity index is 405. The summed E-state index contributed by atoms with van der Waals surface area (Å²) in [5, 5.41) is 4.24. The summed E-state index contributed by atoms with van der Waals surface area (Å²) in [6.07, 6.45) is 4.50. The molecule has 1 aliphatic heterocycles. The number of nitrogen functional groups attached to an aromatic ring is 1. The average Bonchev–Trinajstić information content (AvgIpc) is 2.75. The normalized spacial score (nSPS) is 17.4. The molecule has 0 spiro atoms. The van der Waals surface area contributed by atoms with Gasteiger partial charge in [-0.05, 0) is 24.8 Å². The quantitative estimate of drug-likeness (QED) is 0.887. The predicted octanol–water partition coefficient (Wildman–Crippen LogP) is 1.67. The number of anilines is 1. The lowest BCUT2D eigenvalue weighted by molar-refractivity contribution is -0.133. The summed E-state index contributed by atoms with van der Waals surface area (Å²) in [7, 11) is 0. The van der Waals surface area contributed by atoms with E-state index in [-0.39, 0.29) is 5.91 Å². The monoisotopic (exact) mass is 250 g/mol. The van der Waals surface area contributed by atoms with Crippen LogP contribution in [0.2, 0.25) is 0 Å². The lowest BCUT2D eigenvalue weighted by Crippen LogP contribution is -2.39. The van der Waals surface area contributed by atoms with Crippen molar-refractivity contribution in [2.45, 2.75) is 39.2 Å². The smallest absolute Gasteiger partial charge is 0.222 e. The Morgan fingerprint density at radius 2 is 2.17 bits per heavy atom. The average molecular weight is 250 g/mol. The third-order valence-electron chi connectivity index (χ3n) is 3.40. The van der Waals surface area contributed by atoms with E-state index in [2.05, 4.69) is 18.9 Å². The van der Waals surface area contributed by atoms with Crippen LogP contribution in [0.5, 0.6) is 0 Å². The largest absolute Gasteiger partial charge is 0.382 e. The molecule has 1 aliphatic rings. The summed E-state index contributed by atoms with van der Waals surface area (Å²) in [4.78, 5) is 13.9. The summed E-state index contributed by atoms with van der Waals surface area (Å²) in [6.45, 7) is 5.82. The van der Waals surface area contributed by atoms with Gasteiger partial charge >= 0.3 is 0 Å². The summed E-state index contributed by atoms with van der Waals surface area (Å²) in [5.41, 5.74) is 5.62. The second-order valence-electron chi connectivity index (χ2n) is 5.43. The van der Waals surface area contributed by atoms with Crippen LogP contribution in [-0.4, -0.2) is 33.7 Å². The van der Waals surface area contributed by atoms with Gasteiger partial charge in [0.15, 0.2) is 0 Å². The van der Waals surface area contributed by atoms with Crippen molar-refractivity contribution in [2.75, 3.05) is 18.8 Å². The summed E-state index contributed by atoms with van der Waals surface area (Å²) in [6, 6.07) is 2.20. The molecule has 1 amide bonds. The standard InChI is InChI=1S/C13H22N4O/c1-10(2)9-13(18)16-6-3-11(4-7-16)17-8-5-12(14)15-17/h5,8,10-11H,3-4,6-7,9H2,1-2H3,(H2,14,15). The molecule has 0 aliphatic carbocycles. The van der Waals surface area contributed by atoms with Crippen molar-refractivity contribution in [3.05, 3.63) is 12.3 Å². The number of amides is 1. The van der Waals surface area contributed by atoms with Gasteiger partial charge in [-0.25, -0.2) is 0 Å². The number of carbonyl (C=O) groups excluding carboxylic acids is 1. The minimum absolute atomic E-state index is 0.281. The highest BCUT2D eigenvalue weighted by Crippen LogP contribution is 2.23. The van der Waals surface area contributed by atoms with E-state index in [0.29, 0.717) is 24.2 Å². The van der Waals surface area contributed by atoms with E-state index < -0.39 is 0 Å². The molecular weight excluding hydrogens is 228 g/mol. The number of piperidine rings is 1. The molecule has 0 bridgehead atoms.